The SMILES string of the molecule is Cc1cccc(OCc2c(C(=O)N3CCN(Cc4ccc(Cl)cc4Cl)CC3)noc2C)c1C. The molecule has 1 saturated heterocycles. The van der Waals surface area contributed by atoms with Crippen molar-refractivity contribution in [3.63, 3.8) is 0 Å². The summed E-state index contributed by atoms with van der Waals surface area (Å²) >= 11 is 12.3. The van der Waals surface area contributed by atoms with Gasteiger partial charge in [-0.2, -0.15) is 0 Å². The molecular formula is C25H27Cl2N3O3. The van der Waals surface area contributed by atoms with E-state index in [0.29, 0.717) is 40.2 Å². The molecule has 0 saturated carbocycles. The summed E-state index contributed by atoms with van der Waals surface area (Å²) in [6, 6.07) is 11.5. The van der Waals surface area contributed by atoms with E-state index in [4.69, 9.17) is 32.5 Å². The fraction of sp³-hybridized carbons (Fsp3) is 0.360. The number of aromatic nitrogens is 1. The number of aryl methyl sites for hydroxylation is 2. The zero-order valence-corrected chi connectivity index (χ0v) is 20.5. The van der Waals surface area contributed by atoms with Gasteiger partial charge in [0.1, 0.15) is 18.1 Å². The number of ether oxygens (including phenoxy) is 1. The van der Waals surface area contributed by atoms with Gasteiger partial charge in [0.2, 0.25) is 0 Å². The van der Waals surface area contributed by atoms with Gasteiger partial charge in [0.05, 0.1) is 5.56 Å². The van der Waals surface area contributed by atoms with E-state index >= 15 is 0 Å². The highest BCUT2D eigenvalue weighted by Crippen LogP contribution is 2.25. The number of piperazine rings is 1. The lowest BCUT2D eigenvalue weighted by Gasteiger charge is -2.34. The fourth-order valence-electron chi connectivity index (χ4n) is 3.91. The molecular weight excluding hydrogens is 461 g/mol. The van der Waals surface area contributed by atoms with Crippen LogP contribution in [-0.4, -0.2) is 47.0 Å². The number of carbonyl (C=O) groups is 1. The molecule has 8 heteroatoms. The highest BCUT2D eigenvalue weighted by molar-refractivity contribution is 6.35. The second-order valence-electron chi connectivity index (χ2n) is 8.36. The molecule has 1 amide bonds. The first kappa shape index (κ1) is 23.6. The number of benzene rings is 2. The van der Waals surface area contributed by atoms with Crippen LogP contribution in [0.3, 0.4) is 0 Å². The number of hydrogen-bond donors (Lipinski definition) is 0. The maximum Gasteiger partial charge on any atom is 0.276 e. The van der Waals surface area contributed by atoms with E-state index in [1.54, 1.807) is 13.0 Å². The number of amides is 1. The molecule has 0 spiro atoms. The van der Waals surface area contributed by atoms with E-state index in [1.807, 2.05) is 49.1 Å². The van der Waals surface area contributed by atoms with E-state index in [2.05, 4.69) is 10.1 Å². The lowest BCUT2D eigenvalue weighted by atomic mass is 10.1. The van der Waals surface area contributed by atoms with Gasteiger partial charge in [-0.15, -0.1) is 0 Å². The Bertz CT molecular complexity index is 1150. The molecule has 4 rings (SSSR count). The molecule has 33 heavy (non-hydrogen) atoms. The molecule has 3 aromatic rings. The Morgan fingerprint density at radius 3 is 2.58 bits per heavy atom. The Labute approximate surface area is 204 Å². The number of nitrogens with zero attached hydrogens (tertiary/aromatic N) is 3. The van der Waals surface area contributed by atoms with E-state index in [-0.39, 0.29) is 12.5 Å². The molecule has 0 bridgehead atoms. The summed E-state index contributed by atoms with van der Waals surface area (Å²) in [7, 11) is 0. The van der Waals surface area contributed by atoms with Gasteiger partial charge >= 0.3 is 0 Å². The van der Waals surface area contributed by atoms with Gasteiger partial charge in [-0.3, -0.25) is 9.69 Å². The van der Waals surface area contributed by atoms with Crippen LogP contribution in [0, 0.1) is 20.8 Å². The average Bonchev–Trinajstić information content (AvgIpc) is 3.17. The molecule has 0 radical (unpaired) electrons. The lowest BCUT2D eigenvalue weighted by molar-refractivity contribution is 0.0616. The second-order valence-corrected chi connectivity index (χ2v) is 9.20. The minimum absolute atomic E-state index is 0.129. The molecule has 2 heterocycles. The third-order valence-corrected chi connectivity index (χ3v) is 6.77. The predicted octanol–water partition coefficient (Wildman–Crippen LogP) is 5.44. The van der Waals surface area contributed by atoms with Crippen LogP contribution in [0.15, 0.2) is 40.9 Å². The molecule has 0 N–H and O–H groups in total. The monoisotopic (exact) mass is 487 g/mol. The van der Waals surface area contributed by atoms with Crippen molar-refractivity contribution in [1.82, 2.24) is 15.0 Å². The summed E-state index contributed by atoms with van der Waals surface area (Å²) in [5, 5.41) is 5.34. The first-order valence-corrected chi connectivity index (χ1v) is 11.7. The van der Waals surface area contributed by atoms with Gasteiger partial charge < -0.3 is 14.2 Å². The Balaban J connectivity index is 1.38. The smallest absolute Gasteiger partial charge is 0.276 e. The van der Waals surface area contributed by atoms with Gasteiger partial charge in [0, 0.05) is 42.8 Å². The van der Waals surface area contributed by atoms with Crippen molar-refractivity contribution < 1.29 is 14.1 Å². The summed E-state index contributed by atoms with van der Waals surface area (Å²) in [4.78, 5) is 17.3. The third-order valence-electron chi connectivity index (χ3n) is 6.18. The van der Waals surface area contributed by atoms with Gasteiger partial charge in [-0.25, -0.2) is 0 Å². The van der Waals surface area contributed by atoms with Crippen LogP contribution in [0.4, 0.5) is 0 Å². The van der Waals surface area contributed by atoms with E-state index in [9.17, 15) is 4.79 Å². The number of carbonyl (C=O) groups excluding carboxylic acids is 1. The molecule has 174 valence electrons. The Morgan fingerprint density at radius 1 is 1.09 bits per heavy atom. The normalized spacial score (nSPS) is 14.5. The fourth-order valence-corrected chi connectivity index (χ4v) is 4.38. The van der Waals surface area contributed by atoms with Crippen molar-refractivity contribution in [3.8, 4) is 5.75 Å². The second kappa shape index (κ2) is 10.2. The van der Waals surface area contributed by atoms with Crippen LogP contribution < -0.4 is 4.74 Å². The molecule has 1 fully saturated rings. The summed E-state index contributed by atoms with van der Waals surface area (Å²) in [5.74, 6) is 1.26. The largest absolute Gasteiger partial charge is 0.488 e. The quantitative estimate of drug-likeness (QED) is 0.462. The number of rotatable bonds is 6. The zero-order valence-electron chi connectivity index (χ0n) is 19.0. The number of halogens is 2. The third kappa shape index (κ3) is 5.35. The first-order valence-electron chi connectivity index (χ1n) is 10.9. The van der Waals surface area contributed by atoms with Crippen molar-refractivity contribution >= 4 is 29.1 Å². The van der Waals surface area contributed by atoms with Crippen molar-refractivity contribution in [3.05, 3.63) is 80.2 Å². The molecule has 0 unspecified atom stereocenters. The van der Waals surface area contributed by atoms with Gasteiger partial charge in [0.25, 0.3) is 5.91 Å². The van der Waals surface area contributed by atoms with Gasteiger partial charge in [-0.1, -0.05) is 46.6 Å². The minimum Gasteiger partial charge on any atom is -0.488 e. The van der Waals surface area contributed by atoms with Crippen molar-refractivity contribution in [2.45, 2.75) is 33.9 Å². The van der Waals surface area contributed by atoms with E-state index in [1.165, 1.54) is 0 Å². The average molecular weight is 488 g/mol. The summed E-state index contributed by atoms with van der Waals surface area (Å²) in [6.45, 7) is 9.52. The Hall–Kier alpha value is -2.54. The molecule has 6 nitrogen and oxygen atoms in total. The highest BCUT2D eigenvalue weighted by atomic mass is 35.5. The minimum atomic E-state index is -0.129. The topological polar surface area (TPSA) is 58.8 Å². The maximum atomic E-state index is 13.2. The zero-order chi connectivity index (χ0) is 23.5. The Kier molecular flexibility index (Phi) is 7.27. The molecule has 0 aliphatic carbocycles. The van der Waals surface area contributed by atoms with Crippen LogP contribution in [0.2, 0.25) is 10.0 Å². The molecule has 1 aromatic heterocycles. The predicted molar refractivity (Wildman–Crippen MR) is 129 cm³/mol. The molecule has 1 aliphatic heterocycles. The summed E-state index contributed by atoms with van der Waals surface area (Å²) < 4.78 is 11.4. The lowest BCUT2D eigenvalue weighted by Crippen LogP contribution is -2.48. The van der Waals surface area contributed by atoms with Crippen LogP contribution in [0.1, 0.15) is 38.5 Å². The van der Waals surface area contributed by atoms with Crippen LogP contribution in [0.5, 0.6) is 5.75 Å². The molecule has 2 aromatic carbocycles. The van der Waals surface area contributed by atoms with Crippen molar-refractivity contribution in [2.75, 3.05) is 26.2 Å². The maximum absolute atomic E-state index is 13.2. The number of hydrogen-bond acceptors (Lipinski definition) is 5. The van der Waals surface area contributed by atoms with E-state index < -0.39 is 0 Å². The summed E-state index contributed by atoms with van der Waals surface area (Å²) in [5.41, 5.74) is 4.28. The summed E-state index contributed by atoms with van der Waals surface area (Å²) in [6.07, 6.45) is 0. The van der Waals surface area contributed by atoms with Crippen LogP contribution >= 0.6 is 23.2 Å². The highest BCUT2D eigenvalue weighted by Gasteiger charge is 2.28. The van der Waals surface area contributed by atoms with Crippen LogP contribution in [0.25, 0.3) is 0 Å². The van der Waals surface area contributed by atoms with Crippen molar-refractivity contribution in [1.29, 1.82) is 0 Å². The van der Waals surface area contributed by atoms with E-state index in [0.717, 1.165) is 42.1 Å². The molecule has 0 atom stereocenters. The first-order chi connectivity index (χ1) is 15.8. The van der Waals surface area contributed by atoms with Gasteiger partial charge in [-0.05, 0) is 55.7 Å². The Morgan fingerprint density at radius 2 is 1.85 bits per heavy atom. The standard InChI is InChI=1S/C25H27Cl2N3O3/c1-16-5-4-6-23(17(16)2)32-15-21-18(3)33-28-24(21)25(31)30-11-9-29(10-12-30)14-19-7-8-20(26)13-22(19)27/h4-8,13H,9-12,14-15H2,1-3H3. The molecule has 1 aliphatic rings. The van der Waals surface area contributed by atoms with Gasteiger partial charge in [0.15, 0.2) is 5.69 Å². The van der Waals surface area contributed by atoms with Crippen LogP contribution in [-0.2, 0) is 13.2 Å². The van der Waals surface area contributed by atoms with Crippen molar-refractivity contribution in [2.24, 2.45) is 0 Å².